The Morgan fingerprint density at radius 3 is 2.22 bits per heavy atom. The van der Waals surface area contributed by atoms with Gasteiger partial charge in [0, 0.05) is 12.2 Å². The Morgan fingerprint density at radius 1 is 0.815 bits per heavy atom. The molecule has 3 rings (SSSR count). The molecule has 0 bridgehead atoms. The largest absolute Gasteiger partial charge is 0.491 e. The minimum atomic E-state index is 0.506. The molecule has 140 valence electrons. The molecule has 27 heavy (non-hydrogen) atoms. The van der Waals surface area contributed by atoms with Gasteiger partial charge < -0.3 is 14.8 Å². The maximum Gasteiger partial charge on any atom is 0.127 e. The Balaban J connectivity index is 1.47. The fourth-order valence-electron chi connectivity index (χ4n) is 2.86. The highest BCUT2D eigenvalue weighted by molar-refractivity contribution is 5.47. The summed E-state index contributed by atoms with van der Waals surface area (Å²) < 4.78 is 11.8. The molecule has 0 saturated carbocycles. The summed E-state index contributed by atoms with van der Waals surface area (Å²) in [6.45, 7) is 5.80. The first-order valence-electron chi connectivity index (χ1n) is 9.55. The Kier molecular flexibility index (Phi) is 6.75. The zero-order valence-electron chi connectivity index (χ0n) is 16.0. The molecule has 0 spiro atoms. The predicted octanol–water partition coefficient (Wildman–Crippen LogP) is 6.48. The van der Waals surface area contributed by atoms with Gasteiger partial charge in [0.2, 0.25) is 0 Å². The van der Waals surface area contributed by atoms with Gasteiger partial charge in [0.05, 0.1) is 0 Å². The van der Waals surface area contributed by atoms with Crippen molar-refractivity contribution in [2.45, 2.75) is 26.2 Å². The molecule has 3 heteroatoms. The molecule has 1 unspecified atom stereocenters. The van der Waals surface area contributed by atoms with Gasteiger partial charge in [-0.1, -0.05) is 50.2 Å². The van der Waals surface area contributed by atoms with Crippen LogP contribution in [-0.2, 0) is 0 Å². The molecular weight excluding hydrogens is 334 g/mol. The maximum atomic E-state index is 6.00. The summed E-state index contributed by atoms with van der Waals surface area (Å²) in [6, 6.07) is 26.1. The predicted molar refractivity (Wildman–Crippen MR) is 112 cm³/mol. The third-order valence-corrected chi connectivity index (χ3v) is 4.58. The third kappa shape index (κ3) is 5.52. The van der Waals surface area contributed by atoms with Gasteiger partial charge in [0.25, 0.3) is 0 Å². The van der Waals surface area contributed by atoms with Gasteiger partial charge in [-0.15, -0.1) is 0 Å². The van der Waals surface area contributed by atoms with Crippen molar-refractivity contribution in [1.82, 2.24) is 0 Å². The molecule has 3 nitrogen and oxygen atoms in total. The number of hydrogen-bond donors (Lipinski definition) is 1. The Bertz CT molecular complexity index is 815. The van der Waals surface area contributed by atoms with E-state index in [1.165, 1.54) is 5.56 Å². The van der Waals surface area contributed by atoms with E-state index in [0.717, 1.165) is 35.9 Å². The first-order valence-corrected chi connectivity index (χ1v) is 9.55. The van der Waals surface area contributed by atoms with Gasteiger partial charge in [0.15, 0.2) is 0 Å². The van der Waals surface area contributed by atoms with Crippen LogP contribution in [0, 0.1) is 0 Å². The van der Waals surface area contributed by atoms with Crippen molar-refractivity contribution in [3.05, 3.63) is 84.4 Å². The highest BCUT2D eigenvalue weighted by Crippen LogP contribution is 2.28. The van der Waals surface area contributed by atoms with Crippen molar-refractivity contribution in [2.75, 3.05) is 18.5 Å². The minimum absolute atomic E-state index is 0.506. The zero-order valence-corrected chi connectivity index (χ0v) is 16.0. The van der Waals surface area contributed by atoms with Crippen LogP contribution < -0.4 is 14.8 Å². The summed E-state index contributed by atoms with van der Waals surface area (Å²) in [4.78, 5) is 0. The van der Waals surface area contributed by atoms with Gasteiger partial charge >= 0.3 is 0 Å². The summed E-state index contributed by atoms with van der Waals surface area (Å²) in [5.41, 5.74) is 2.33. The van der Waals surface area contributed by atoms with Crippen molar-refractivity contribution in [2.24, 2.45) is 0 Å². The Hall–Kier alpha value is -2.94. The number of para-hydroxylation sites is 2. The lowest BCUT2D eigenvalue weighted by Gasteiger charge is -2.16. The number of nitrogens with one attached hydrogen (secondary N) is 1. The topological polar surface area (TPSA) is 30.5 Å². The molecule has 0 aliphatic heterocycles. The molecule has 3 aromatic carbocycles. The lowest BCUT2D eigenvalue weighted by Crippen LogP contribution is -2.12. The molecule has 0 radical (unpaired) electrons. The normalized spacial score (nSPS) is 11.6. The Morgan fingerprint density at radius 2 is 1.48 bits per heavy atom. The van der Waals surface area contributed by atoms with Crippen molar-refractivity contribution in [1.29, 1.82) is 0 Å². The molecular formula is C24H27NO2. The Labute approximate surface area is 162 Å². The molecule has 1 atom stereocenters. The van der Waals surface area contributed by atoms with Gasteiger partial charge in [-0.25, -0.2) is 0 Å². The van der Waals surface area contributed by atoms with E-state index in [2.05, 4.69) is 37.4 Å². The summed E-state index contributed by atoms with van der Waals surface area (Å²) in [5, 5.41) is 3.39. The summed E-state index contributed by atoms with van der Waals surface area (Å²) >= 11 is 0. The van der Waals surface area contributed by atoms with Gasteiger partial charge in [-0.05, 0) is 60.4 Å². The highest BCUT2D eigenvalue weighted by atomic mass is 16.5. The third-order valence-electron chi connectivity index (χ3n) is 4.58. The lowest BCUT2D eigenvalue weighted by atomic mass is 9.98. The summed E-state index contributed by atoms with van der Waals surface area (Å²) in [7, 11) is 0. The average molecular weight is 361 g/mol. The smallest absolute Gasteiger partial charge is 0.127 e. The quantitative estimate of drug-likeness (QED) is 0.442. The van der Waals surface area contributed by atoms with E-state index in [1.54, 1.807) is 0 Å². The second-order valence-corrected chi connectivity index (χ2v) is 6.56. The molecule has 0 aliphatic carbocycles. The van der Waals surface area contributed by atoms with Crippen LogP contribution in [0.15, 0.2) is 78.9 Å². The first-order chi connectivity index (χ1) is 13.3. The van der Waals surface area contributed by atoms with Crippen molar-refractivity contribution in [3.63, 3.8) is 0 Å². The SMILES string of the molecule is CCC(C)c1ccccc1OCCNc1ccc(Oc2ccccc2)cc1. The van der Waals surface area contributed by atoms with E-state index in [0.29, 0.717) is 12.5 Å². The van der Waals surface area contributed by atoms with Crippen LogP contribution in [0.3, 0.4) is 0 Å². The van der Waals surface area contributed by atoms with Crippen LogP contribution in [0.4, 0.5) is 5.69 Å². The highest BCUT2D eigenvalue weighted by Gasteiger charge is 2.09. The number of hydrogen-bond acceptors (Lipinski definition) is 3. The first kappa shape index (κ1) is 18.8. The number of benzene rings is 3. The number of rotatable bonds is 9. The standard InChI is InChI=1S/C24H27NO2/c1-3-19(2)23-11-7-8-12-24(23)26-18-17-25-20-13-15-22(16-14-20)27-21-9-5-4-6-10-21/h4-16,19,25H,3,17-18H2,1-2H3. The van der Waals surface area contributed by atoms with Crippen molar-refractivity contribution < 1.29 is 9.47 Å². The van der Waals surface area contributed by atoms with Gasteiger partial charge in [-0.2, -0.15) is 0 Å². The summed E-state index contributed by atoms with van der Waals surface area (Å²) in [6.07, 6.45) is 1.11. The average Bonchev–Trinajstić information content (AvgIpc) is 2.73. The molecule has 0 fully saturated rings. The fraction of sp³-hybridized carbons (Fsp3) is 0.250. The maximum absolute atomic E-state index is 6.00. The van der Waals surface area contributed by atoms with Crippen molar-refractivity contribution in [3.8, 4) is 17.2 Å². The van der Waals surface area contributed by atoms with E-state index < -0.39 is 0 Å². The second kappa shape index (κ2) is 9.67. The van der Waals surface area contributed by atoms with E-state index in [-0.39, 0.29) is 0 Å². The zero-order chi connectivity index (χ0) is 18.9. The molecule has 0 heterocycles. The number of ether oxygens (including phenoxy) is 2. The van der Waals surface area contributed by atoms with Crippen LogP contribution in [0.5, 0.6) is 17.2 Å². The monoisotopic (exact) mass is 361 g/mol. The molecule has 3 aromatic rings. The molecule has 0 amide bonds. The second-order valence-electron chi connectivity index (χ2n) is 6.56. The van der Waals surface area contributed by atoms with Crippen molar-refractivity contribution >= 4 is 5.69 Å². The van der Waals surface area contributed by atoms with E-state index in [4.69, 9.17) is 9.47 Å². The van der Waals surface area contributed by atoms with Crippen LogP contribution in [0.2, 0.25) is 0 Å². The van der Waals surface area contributed by atoms with Crippen LogP contribution in [-0.4, -0.2) is 13.2 Å². The van der Waals surface area contributed by atoms with Crippen LogP contribution in [0.25, 0.3) is 0 Å². The molecule has 0 aliphatic rings. The molecule has 0 saturated heterocycles. The minimum Gasteiger partial charge on any atom is -0.491 e. The van der Waals surface area contributed by atoms with Crippen LogP contribution in [0.1, 0.15) is 31.7 Å². The van der Waals surface area contributed by atoms with E-state index >= 15 is 0 Å². The number of anilines is 1. The molecule has 1 N–H and O–H groups in total. The lowest BCUT2D eigenvalue weighted by molar-refractivity contribution is 0.327. The summed E-state index contributed by atoms with van der Waals surface area (Å²) in [5.74, 6) is 3.16. The van der Waals surface area contributed by atoms with E-state index in [1.807, 2.05) is 60.7 Å². The van der Waals surface area contributed by atoms with E-state index in [9.17, 15) is 0 Å². The molecule has 0 aromatic heterocycles. The van der Waals surface area contributed by atoms with Gasteiger partial charge in [-0.3, -0.25) is 0 Å². The van der Waals surface area contributed by atoms with Crippen LogP contribution >= 0.6 is 0 Å². The fourth-order valence-corrected chi connectivity index (χ4v) is 2.86. The van der Waals surface area contributed by atoms with Gasteiger partial charge in [0.1, 0.15) is 23.9 Å².